The largest absolute Gasteiger partial charge is 0.467 e. The fraction of sp³-hybridized carbons (Fsp3) is 0.0625. The van der Waals surface area contributed by atoms with Crippen molar-refractivity contribution < 1.29 is 13.6 Å². The van der Waals surface area contributed by atoms with Gasteiger partial charge in [-0.3, -0.25) is 4.79 Å². The summed E-state index contributed by atoms with van der Waals surface area (Å²) < 4.78 is 18.0. The average Bonchev–Trinajstić information content (AvgIpc) is 3.09. The van der Waals surface area contributed by atoms with Crippen molar-refractivity contribution in [3.05, 3.63) is 72.2 Å². The summed E-state index contributed by atoms with van der Waals surface area (Å²) in [4.78, 5) is 20.2. The number of rotatable bonds is 5. The van der Waals surface area contributed by atoms with Crippen molar-refractivity contribution in [2.45, 2.75) is 6.54 Å². The van der Waals surface area contributed by atoms with Crippen LogP contribution < -0.4 is 10.6 Å². The van der Waals surface area contributed by atoms with Crippen LogP contribution in [-0.4, -0.2) is 15.9 Å². The molecule has 0 aliphatic heterocycles. The van der Waals surface area contributed by atoms with Crippen LogP contribution in [0.1, 0.15) is 16.1 Å². The minimum Gasteiger partial charge on any atom is -0.467 e. The Kier molecular flexibility index (Phi) is 4.28. The Labute approximate surface area is 131 Å². The molecule has 0 atom stereocenters. The van der Waals surface area contributed by atoms with Gasteiger partial charge in [0, 0.05) is 18.1 Å². The highest BCUT2D eigenvalue weighted by Crippen LogP contribution is 2.11. The number of carbonyl (C=O) groups excluding carboxylic acids is 1. The topological polar surface area (TPSA) is 80.0 Å². The van der Waals surface area contributed by atoms with Crippen LogP contribution in [0.4, 0.5) is 16.0 Å². The molecule has 116 valence electrons. The minimum atomic E-state index is -0.366. The van der Waals surface area contributed by atoms with Gasteiger partial charge in [0.15, 0.2) is 0 Å². The Balaban J connectivity index is 1.59. The van der Waals surface area contributed by atoms with E-state index in [2.05, 4.69) is 20.6 Å². The lowest BCUT2D eigenvalue weighted by molar-refractivity contribution is 0.102. The highest BCUT2D eigenvalue weighted by molar-refractivity contribution is 6.03. The van der Waals surface area contributed by atoms with E-state index in [1.54, 1.807) is 12.3 Å². The molecule has 3 rings (SSSR count). The minimum absolute atomic E-state index is 0.304. The van der Waals surface area contributed by atoms with E-state index in [1.807, 2.05) is 6.07 Å². The molecule has 7 heteroatoms. The van der Waals surface area contributed by atoms with Gasteiger partial charge in [-0.15, -0.1) is 0 Å². The number of nitrogens with one attached hydrogen (secondary N) is 2. The van der Waals surface area contributed by atoms with Crippen molar-refractivity contribution >= 4 is 17.5 Å². The van der Waals surface area contributed by atoms with Crippen molar-refractivity contribution in [2.75, 3.05) is 10.6 Å². The summed E-state index contributed by atoms with van der Waals surface area (Å²) in [5.74, 6) is 0.416. The second-order valence-corrected chi connectivity index (χ2v) is 4.69. The van der Waals surface area contributed by atoms with Gasteiger partial charge >= 0.3 is 0 Å². The summed E-state index contributed by atoms with van der Waals surface area (Å²) in [6, 6.07) is 9.13. The molecule has 0 radical (unpaired) electrons. The Morgan fingerprint density at radius 1 is 1.13 bits per heavy atom. The lowest BCUT2D eigenvalue weighted by Gasteiger charge is -2.06. The molecule has 0 unspecified atom stereocenters. The van der Waals surface area contributed by atoms with E-state index >= 15 is 0 Å². The smallest absolute Gasteiger partial charge is 0.258 e. The van der Waals surface area contributed by atoms with Gasteiger partial charge in [0.05, 0.1) is 18.4 Å². The van der Waals surface area contributed by atoms with Crippen molar-refractivity contribution in [1.82, 2.24) is 9.97 Å². The summed E-state index contributed by atoms with van der Waals surface area (Å²) in [5.41, 5.74) is 0.800. The van der Waals surface area contributed by atoms with Crippen molar-refractivity contribution in [2.24, 2.45) is 0 Å². The van der Waals surface area contributed by atoms with Gasteiger partial charge in [-0.1, -0.05) is 0 Å². The SMILES string of the molecule is O=C(Nc1ccc(F)cc1)c1cnc(NCc2ccco2)nc1. The molecule has 1 amide bonds. The second kappa shape index (κ2) is 6.69. The van der Waals surface area contributed by atoms with Gasteiger partial charge in [-0.25, -0.2) is 14.4 Å². The van der Waals surface area contributed by atoms with Crippen LogP contribution in [0.15, 0.2) is 59.5 Å². The fourth-order valence-corrected chi connectivity index (χ4v) is 1.85. The zero-order chi connectivity index (χ0) is 16.1. The molecule has 0 aliphatic carbocycles. The van der Waals surface area contributed by atoms with Crippen LogP contribution in [-0.2, 0) is 6.54 Å². The van der Waals surface area contributed by atoms with Gasteiger partial charge in [0.1, 0.15) is 11.6 Å². The number of nitrogens with zero attached hydrogens (tertiary/aromatic N) is 2. The number of anilines is 2. The summed E-state index contributed by atoms with van der Waals surface area (Å²) in [6.07, 6.45) is 4.41. The van der Waals surface area contributed by atoms with Crippen LogP contribution in [0.2, 0.25) is 0 Å². The van der Waals surface area contributed by atoms with Crippen molar-refractivity contribution in [3.8, 4) is 0 Å². The molecule has 2 N–H and O–H groups in total. The van der Waals surface area contributed by atoms with E-state index in [9.17, 15) is 9.18 Å². The van der Waals surface area contributed by atoms with E-state index in [0.29, 0.717) is 23.7 Å². The number of benzene rings is 1. The molecule has 6 nitrogen and oxygen atoms in total. The second-order valence-electron chi connectivity index (χ2n) is 4.69. The molecule has 0 saturated carbocycles. The maximum absolute atomic E-state index is 12.8. The Hall–Kier alpha value is -3.22. The molecule has 0 bridgehead atoms. The van der Waals surface area contributed by atoms with Crippen LogP contribution >= 0.6 is 0 Å². The quantitative estimate of drug-likeness (QED) is 0.757. The first kappa shape index (κ1) is 14.7. The summed E-state index contributed by atoms with van der Waals surface area (Å²) in [5, 5.41) is 5.62. The molecule has 0 saturated heterocycles. The molecule has 0 spiro atoms. The van der Waals surface area contributed by atoms with E-state index in [-0.39, 0.29) is 11.7 Å². The lowest BCUT2D eigenvalue weighted by atomic mass is 10.2. The third-order valence-corrected chi connectivity index (χ3v) is 3.02. The summed E-state index contributed by atoms with van der Waals surface area (Å²) in [6.45, 7) is 0.453. The van der Waals surface area contributed by atoms with Gasteiger partial charge in [0.2, 0.25) is 5.95 Å². The first-order chi connectivity index (χ1) is 11.2. The van der Waals surface area contributed by atoms with Crippen molar-refractivity contribution in [3.63, 3.8) is 0 Å². The summed E-state index contributed by atoms with van der Waals surface area (Å²) in [7, 11) is 0. The predicted molar refractivity (Wildman–Crippen MR) is 82.4 cm³/mol. The van der Waals surface area contributed by atoms with Crippen LogP contribution in [0.5, 0.6) is 0 Å². The molecule has 23 heavy (non-hydrogen) atoms. The van der Waals surface area contributed by atoms with Gasteiger partial charge in [-0.2, -0.15) is 0 Å². The van der Waals surface area contributed by atoms with Gasteiger partial charge in [0.25, 0.3) is 5.91 Å². The normalized spacial score (nSPS) is 10.3. The maximum Gasteiger partial charge on any atom is 0.258 e. The van der Waals surface area contributed by atoms with E-state index < -0.39 is 0 Å². The predicted octanol–water partition coefficient (Wildman–Crippen LogP) is 3.07. The molecular weight excluding hydrogens is 299 g/mol. The monoisotopic (exact) mass is 312 g/mol. The zero-order valence-electron chi connectivity index (χ0n) is 12.0. The number of furan rings is 1. The first-order valence-electron chi connectivity index (χ1n) is 6.86. The van der Waals surface area contributed by atoms with Crippen LogP contribution in [0.25, 0.3) is 0 Å². The molecule has 1 aromatic carbocycles. The fourth-order valence-electron chi connectivity index (χ4n) is 1.85. The Morgan fingerprint density at radius 2 is 1.87 bits per heavy atom. The highest BCUT2D eigenvalue weighted by Gasteiger charge is 2.08. The molecule has 0 fully saturated rings. The van der Waals surface area contributed by atoms with Gasteiger partial charge in [-0.05, 0) is 36.4 Å². The Bertz CT molecular complexity index is 771. The molecule has 2 heterocycles. The molecule has 2 aromatic heterocycles. The standard InChI is InChI=1S/C16H13FN4O2/c17-12-3-5-13(6-4-12)21-15(22)11-8-18-16(19-9-11)20-10-14-2-1-7-23-14/h1-9H,10H2,(H,21,22)(H,18,19,20). The van der Waals surface area contributed by atoms with E-state index in [1.165, 1.54) is 36.7 Å². The van der Waals surface area contributed by atoms with Crippen LogP contribution in [0.3, 0.4) is 0 Å². The molecule has 0 aliphatic rings. The summed E-state index contributed by atoms with van der Waals surface area (Å²) >= 11 is 0. The third kappa shape index (κ3) is 3.91. The molecular formula is C16H13FN4O2. The maximum atomic E-state index is 12.8. The average molecular weight is 312 g/mol. The first-order valence-corrected chi connectivity index (χ1v) is 6.86. The molecule has 3 aromatic rings. The number of hydrogen-bond donors (Lipinski definition) is 2. The Morgan fingerprint density at radius 3 is 2.52 bits per heavy atom. The van der Waals surface area contributed by atoms with Gasteiger partial charge < -0.3 is 15.1 Å². The number of halogens is 1. The highest BCUT2D eigenvalue weighted by atomic mass is 19.1. The third-order valence-electron chi connectivity index (χ3n) is 3.02. The zero-order valence-corrected chi connectivity index (χ0v) is 12.0. The van der Waals surface area contributed by atoms with Crippen molar-refractivity contribution in [1.29, 1.82) is 0 Å². The number of hydrogen-bond acceptors (Lipinski definition) is 5. The number of amides is 1. The van der Waals surface area contributed by atoms with E-state index in [4.69, 9.17) is 4.42 Å². The van der Waals surface area contributed by atoms with E-state index in [0.717, 1.165) is 5.76 Å². The van der Waals surface area contributed by atoms with Crippen LogP contribution in [0, 0.1) is 5.82 Å². The lowest BCUT2D eigenvalue weighted by Crippen LogP contribution is -2.13. The number of aromatic nitrogens is 2. The number of carbonyl (C=O) groups is 1.